The zero-order valence-corrected chi connectivity index (χ0v) is 11.6. The van der Waals surface area contributed by atoms with E-state index in [1.165, 1.54) is 0 Å². The topological polar surface area (TPSA) is 76.8 Å². The van der Waals surface area contributed by atoms with Gasteiger partial charge in [-0.05, 0) is 19.8 Å². The van der Waals surface area contributed by atoms with Crippen molar-refractivity contribution in [2.75, 3.05) is 39.4 Å². The van der Waals surface area contributed by atoms with Gasteiger partial charge in [-0.3, -0.25) is 9.69 Å². The van der Waals surface area contributed by atoms with E-state index >= 15 is 0 Å². The van der Waals surface area contributed by atoms with E-state index in [1.54, 1.807) is 0 Å². The highest BCUT2D eigenvalue weighted by Gasteiger charge is 2.25. The Labute approximate surface area is 114 Å². The number of nitrogens with two attached hydrogens (primary N) is 1. The number of ether oxygens (including phenoxy) is 2. The molecule has 0 aromatic carbocycles. The van der Waals surface area contributed by atoms with Gasteiger partial charge in [0, 0.05) is 32.3 Å². The lowest BCUT2D eigenvalue weighted by Gasteiger charge is -2.34. The van der Waals surface area contributed by atoms with E-state index in [0.717, 1.165) is 32.5 Å². The van der Waals surface area contributed by atoms with Gasteiger partial charge in [-0.2, -0.15) is 0 Å². The Bertz CT molecular complexity index is 293. The molecule has 0 aromatic rings. The number of nitrogens with zero attached hydrogens (tertiary/aromatic N) is 1. The Morgan fingerprint density at radius 3 is 3.00 bits per heavy atom. The Morgan fingerprint density at radius 2 is 2.32 bits per heavy atom. The third kappa shape index (κ3) is 4.72. The van der Waals surface area contributed by atoms with E-state index in [1.807, 2.05) is 6.92 Å². The minimum Gasteiger partial charge on any atom is -0.376 e. The predicted molar refractivity (Wildman–Crippen MR) is 71.8 cm³/mol. The first-order valence-electron chi connectivity index (χ1n) is 7.13. The van der Waals surface area contributed by atoms with Crippen molar-refractivity contribution < 1.29 is 14.3 Å². The van der Waals surface area contributed by atoms with Crippen LogP contribution in [0.5, 0.6) is 0 Å². The maximum absolute atomic E-state index is 11.9. The number of rotatable bonds is 5. The SMILES string of the molecule is CC(N)C1CN(CC(=O)NCC2CCCO2)CCO1. The van der Waals surface area contributed by atoms with Crippen molar-refractivity contribution in [2.24, 2.45) is 5.73 Å². The molecule has 2 fully saturated rings. The van der Waals surface area contributed by atoms with Crippen LogP contribution in [0.1, 0.15) is 19.8 Å². The maximum atomic E-state index is 11.9. The second-order valence-corrected chi connectivity index (χ2v) is 5.44. The fourth-order valence-electron chi connectivity index (χ4n) is 2.49. The molecule has 110 valence electrons. The molecule has 0 aliphatic carbocycles. The van der Waals surface area contributed by atoms with Crippen molar-refractivity contribution in [1.29, 1.82) is 0 Å². The number of nitrogens with one attached hydrogen (secondary N) is 1. The molecular weight excluding hydrogens is 246 g/mol. The van der Waals surface area contributed by atoms with Crippen molar-refractivity contribution in [1.82, 2.24) is 10.2 Å². The summed E-state index contributed by atoms with van der Waals surface area (Å²) < 4.78 is 11.1. The first kappa shape index (κ1) is 14.7. The van der Waals surface area contributed by atoms with E-state index in [2.05, 4.69) is 10.2 Å². The molecule has 3 N–H and O–H groups in total. The van der Waals surface area contributed by atoms with Gasteiger partial charge >= 0.3 is 0 Å². The number of hydrogen-bond donors (Lipinski definition) is 2. The second-order valence-electron chi connectivity index (χ2n) is 5.44. The van der Waals surface area contributed by atoms with Gasteiger partial charge in [0.15, 0.2) is 0 Å². The number of carbonyl (C=O) groups excluding carboxylic acids is 1. The zero-order chi connectivity index (χ0) is 13.7. The van der Waals surface area contributed by atoms with Gasteiger partial charge in [0.25, 0.3) is 0 Å². The molecule has 1 amide bonds. The van der Waals surface area contributed by atoms with E-state index in [4.69, 9.17) is 15.2 Å². The van der Waals surface area contributed by atoms with Crippen LogP contribution in [0.25, 0.3) is 0 Å². The molecule has 2 heterocycles. The smallest absolute Gasteiger partial charge is 0.234 e. The monoisotopic (exact) mass is 271 g/mol. The highest BCUT2D eigenvalue weighted by Crippen LogP contribution is 2.10. The van der Waals surface area contributed by atoms with E-state index < -0.39 is 0 Å². The molecule has 2 rings (SSSR count). The fourth-order valence-corrected chi connectivity index (χ4v) is 2.49. The number of carbonyl (C=O) groups is 1. The van der Waals surface area contributed by atoms with Gasteiger partial charge in [-0.25, -0.2) is 0 Å². The fraction of sp³-hybridized carbons (Fsp3) is 0.923. The molecule has 2 aliphatic heterocycles. The highest BCUT2D eigenvalue weighted by atomic mass is 16.5. The first-order valence-corrected chi connectivity index (χ1v) is 7.13. The molecule has 3 atom stereocenters. The maximum Gasteiger partial charge on any atom is 0.234 e. The Hall–Kier alpha value is -0.690. The molecule has 2 saturated heterocycles. The van der Waals surface area contributed by atoms with E-state index in [9.17, 15) is 4.79 Å². The zero-order valence-electron chi connectivity index (χ0n) is 11.6. The van der Waals surface area contributed by atoms with Gasteiger partial charge in [0.1, 0.15) is 0 Å². The standard InChI is InChI=1S/C13H25N3O3/c1-10(14)12-8-16(4-6-19-12)9-13(17)15-7-11-3-2-5-18-11/h10-12H,2-9,14H2,1H3,(H,15,17). The van der Waals surface area contributed by atoms with Crippen LogP contribution in [0.15, 0.2) is 0 Å². The highest BCUT2D eigenvalue weighted by molar-refractivity contribution is 5.78. The summed E-state index contributed by atoms with van der Waals surface area (Å²) in [7, 11) is 0. The number of morpholine rings is 1. The molecule has 19 heavy (non-hydrogen) atoms. The third-order valence-electron chi connectivity index (χ3n) is 3.68. The Kier molecular flexibility index (Phi) is 5.57. The summed E-state index contributed by atoms with van der Waals surface area (Å²) in [5.41, 5.74) is 5.83. The summed E-state index contributed by atoms with van der Waals surface area (Å²) in [4.78, 5) is 14.0. The summed E-state index contributed by atoms with van der Waals surface area (Å²) in [6, 6.07) is -0.00208. The average molecular weight is 271 g/mol. The Balaban J connectivity index is 1.66. The summed E-state index contributed by atoms with van der Waals surface area (Å²) in [5.74, 6) is 0.0563. The van der Waals surface area contributed by atoms with Gasteiger partial charge in [0.05, 0.1) is 25.4 Å². The van der Waals surface area contributed by atoms with Crippen LogP contribution < -0.4 is 11.1 Å². The molecule has 0 radical (unpaired) electrons. The summed E-state index contributed by atoms with van der Waals surface area (Å²) in [6.45, 7) is 5.96. The summed E-state index contributed by atoms with van der Waals surface area (Å²) in [5, 5.41) is 2.94. The lowest BCUT2D eigenvalue weighted by atomic mass is 10.1. The molecule has 0 saturated carbocycles. The third-order valence-corrected chi connectivity index (χ3v) is 3.68. The van der Waals surface area contributed by atoms with Crippen molar-refractivity contribution in [3.8, 4) is 0 Å². The first-order chi connectivity index (χ1) is 9.15. The second kappa shape index (κ2) is 7.19. The van der Waals surface area contributed by atoms with Crippen molar-refractivity contribution in [3.63, 3.8) is 0 Å². The minimum absolute atomic E-state index is 0.00208. The molecular formula is C13H25N3O3. The lowest BCUT2D eigenvalue weighted by Crippen LogP contribution is -2.52. The molecule has 6 nitrogen and oxygen atoms in total. The number of hydrogen-bond acceptors (Lipinski definition) is 5. The van der Waals surface area contributed by atoms with Crippen LogP contribution in [-0.2, 0) is 14.3 Å². The molecule has 0 spiro atoms. The van der Waals surface area contributed by atoms with Crippen molar-refractivity contribution >= 4 is 5.91 Å². The lowest BCUT2D eigenvalue weighted by molar-refractivity contribution is -0.125. The van der Waals surface area contributed by atoms with Gasteiger partial charge < -0.3 is 20.5 Å². The summed E-state index contributed by atoms with van der Waals surface area (Å²) in [6.07, 6.45) is 2.37. The molecule has 6 heteroatoms. The van der Waals surface area contributed by atoms with Crippen LogP contribution >= 0.6 is 0 Å². The molecule has 3 unspecified atom stereocenters. The average Bonchev–Trinajstić information content (AvgIpc) is 2.90. The minimum atomic E-state index is -0.00208. The quantitative estimate of drug-likeness (QED) is 0.693. The van der Waals surface area contributed by atoms with Crippen LogP contribution in [0.4, 0.5) is 0 Å². The van der Waals surface area contributed by atoms with Gasteiger partial charge in [-0.15, -0.1) is 0 Å². The summed E-state index contributed by atoms with van der Waals surface area (Å²) >= 11 is 0. The van der Waals surface area contributed by atoms with Crippen LogP contribution in [0.2, 0.25) is 0 Å². The van der Waals surface area contributed by atoms with Crippen molar-refractivity contribution in [2.45, 2.75) is 38.0 Å². The van der Waals surface area contributed by atoms with Gasteiger partial charge in [-0.1, -0.05) is 0 Å². The van der Waals surface area contributed by atoms with E-state index in [0.29, 0.717) is 19.7 Å². The van der Waals surface area contributed by atoms with Gasteiger partial charge in [0.2, 0.25) is 5.91 Å². The van der Waals surface area contributed by atoms with Crippen LogP contribution in [0, 0.1) is 0 Å². The molecule has 2 aliphatic rings. The Morgan fingerprint density at radius 1 is 1.47 bits per heavy atom. The predicted octanol–water partition coefficient (Wildman–Crippen LogP) is -0.670. The van der Waals surface area contributed by atoms with E-state index in [-0.39, 0.29) is 24.2 Å². The normalized spacial score (nSPS) is 30.2. The van der Waals surface area contributed by atoms with Crippen LogP contribution in [0.3, 0.4) is 0 Å². The molecule has 0 bridgehead atoms. The van der Waals surface area contributed by atoms with Crippen LogP contribution in [-0.4, -0.2) is 68.4 Å². The molecule has 0 aromatic heterocycles. The van der Waals surface area contributed by atoms with Crippen molar-refractivity contribution in [3.05, 3.63) is 0 Å². The largest absolute Gasteiger partial charge is 0.376 e. The number of amides is 1.